The minimum absolute atomic E-state index is 0.0225. The van der Waals surface area contributed by atoms with E-state index >= 15 is 0 Å². The van der Waals surface area contributed by atoms with E-state index in [1.165, 1.54) is 57.4 Å². The number of ether oxygens (including phenoxy) is 3. The van der Waals surface area contributed by atoms with Crippen LogP contribution in [0.3, 0.4) is 0 Å². The van der Waals surface area contributed by atoms with Crippen molar-refractivity contribution < 1.29 is 29.2 Å². The van der Waals surface area contributed by atoms with Gasteiger partial charge in [-0.1, -0.05) is 77.3 Å². The Labute approximate surface area is 194 Å². The van der Waals surface area contributed by atoms with Gasteiger partial charge in [0.05, 0.1) is 0 Å². The zero-order valence-electron chi connectivity index (χ0n) is 20.2. The van der Waals surface area contributed by atoms with Gasteiger partial charge in [0.25, 0.3) is 0 Å². The van der Waals surface area contributed by atoms with Crippen LogP contribution in [0.5, 0.6) is 11.5 Å². The van der Waals surface area contributed by atoms with Gasteiger partial charge in [0.2, 0.25) is 0 Å². The second-order valence-electron chi connectivity index (χ2n) is 8.38. The van der Waals surface area contributed by atoms with Crippen molar-refractivity contribution in [2.75, 3.05) is 13.2 Å². The maximum atomic E-state index is 10.7. The van der Waals surface area contributed by atoms with Crippen LogP contribution in [0.2, 0.25) is 0 Å². The molecule has 0 aliphatic rings. The van der Waals surface area contributed by atoms with Gasteiger partial charge in [0.15, 0.2) is 17.8 Å². The summed E-state index contributed by atoms with van der Waals surface area (Å²) in [6, 6.07) is 4.94. The molecule has 0 amide bonds. The molecule has 0 saturated carbocycles. The van der Waals surface area contributed by atoms with Crippen molar-refractivity contribution in [1.82, 2.24) is 0 Å². The van der Waals surface area contributed by atoms with Crippen LogP contribution in [-0.4, -0.2) is 35.9 Å². The molecule has 0 spiro atoms. The molecular weight excluding hydrogens is 408 g/mol. The molecule has 6 nitrogen and oxygen atoms in total. The quantitative estimate of drug-likeness (QED) is 0.0924. The highest BCUT2D eigenvalue weighted by Crippen LogP contribution is 2.31. The van der Waals surface area contributed by atoms with Crippen LogP contribution in [0.4, 0.5) is 4.79 Å². The van der Waals surface area contributed by atoms with Crippen LogP contribution in [0.1, 0.15) is 103 Å². The van der Waals surface area contributed by atoms with E-state index in [9.17, 15) is 9.90 Å². The van der Waals surface area contributed by atoms with E-state index < -0.39 is 6.16 Å². The van der Waals surface area contributed by atoms with Gasteiger partial charge in [-0.25, -0.2) is 4.79 Å². The first kappa shape index (κ1) is 28.2. The predicted molar refractivity (Wildman–Crippen MR) is 128 cm³/mol. The average Bonchev–Trinajstić information content (AvgIpc) is 2.77. The third-order valence-corrected chi connectivity index (χ3v) is 5.52. The number of carbonyl (C=O) groups is 1. The molecule has 1 aromatic rings. The summed E-state index contributed by atoms with van der Waals surface area (Å²) >= 11 is 0. The zero-order chi connectivity index (χ0) is 23.4. The van der Waals surface area contributed by atoms with Crippen molar-refractivity contribution in [2.24, 2.45) is 0 Å². The molecule has 1 rings (SSSR count). The number of para-hydroxylation sites is 1. The molecule has 0 bridgehead atoms. The zero-order valence-corrected chi connectivity index (χ0v) is 20.2. The van der Waals surface area contributed by atoms with E-state index in [-0.39, 0.29) is 17.8 Å². The van der Waals surface area contributed by atoms with Crippen molar-refractivity contribution in [2.45, 2.75) is 110 Å². The van der Waals surface area contributed by atoms with Crippen LogP contribution >= 0.6 is 0 Å². The maximum Gasteiger partial charge on any atom is 0.511 e. The number of benzene rings is 1. The Kier molecular flexibility index (Phi) is 16.5. The molecule has 0 unspecified atom stereocenters. The van der Waals surface area contributed by atoms with Crippen molar-refractivity contribution in [3.05, 3.63) is 23.8 Å². The Bertz CT molecular complexity index is 588. The van der Waals surface area contributed by atoms with E-state index in [2.05, 4.69) is 18.6 Å². The summed E-state index contributed by atoms with van der Waals surface area (Å²) in [6.45, 7) is 5.91. The standard InChI is InChI=1S/C26H44O6/c1-3-5-7-9-13-20-30-24(31-21-14-10-8-6-4-2)19-12-11-16-22-17-15-18-23(25(22)27)32-26(28)29/h15,17-18,24,27H,3-14,16,19-21H2,1-2H3,(H,28,29). The van der Waals surface area contributed by atoms with Crippen LogP contribution < -0.4 is 4.74 Å². The number of hydrogen-bond donors (Lipinski definition) is 2. The Morgan fingerprint density at radius 3 is 2.00 bits per heavy atom. The summed E-state index contributed by atoms with van der Waals surface area (Å²) in [4.78, 5) is 10.7. The summed E-state index contributed by atoms with van der Waals surface area (Å²) in [7, 11) is 0. The van der Waals surface area contributed by atoms with Crippen LogP contribution in [0.15, 0.2) is 18.2 Å². The number of rotatable bonds is 20. The SMILES string of the molecule is CCCCCCCOC(CCCCc1cccc(OC(=O)O)c1O)OCCCCCCC. The Balaban J connectivity index is 2.39. The van der Waals surface area contributed by atoms with Gasteiger partial charge >= 0.3 is 6.16 Å². The molecule has 0 heterocycles. The molecule has 6 heteroatoms. The van der Waals surface area contributed by atoms with Gasteiger partial charge in [0.1, 0.15) is 0 Å². The summed E-state index contributed by atoms with van der Waals surface area (Å²) in [5.41, 5.74) is 0.689. The first-order chi connectivity index (χ1) is 15.6. The van der Waals surface area contributed by atoms with E-state index in [1.54, 1.807) is 12.1 Å². The molecule has 1 aromatic carbocycles. The summed E-state index contributed by atoms with van der Waals surface area (Å²) in [5, 5.41) is 19.0. The van der Waals surface area contributed by atoms with Crippen LogP contribution in [0, 0.1) is 0 Å². The Morgan fingerprint density at radius 1 is 0.844 bits per heavy atom. The minimum Gasteiger partial charge on any atom is -0.504 e. The van der Waals surface area contributed by atoms with E-state index in [0.717, 1.165) is 45.3 Å². The summed E-state index contributed by atoms with van der Waals surface area (Å²) in [6.07, 6.45) is 13.7. The fraction of sp³-hybridized carbons (Fsp3) is 0.731. The highest BCUT2D eigenvalue weighted by molar-refractivity contribution is 5.63. The fourth-order valence-electron chi connectivity index (χ4n) is 3.63. The molecule has 0 aromatic heterocycles. The van der Waals surface area contributed by atoms with Gasteiger partial charge in [-0.2, -0.15) is 0 Å². The Hall–Kier alpha value is -1.79. The number of aryl methyl sites for hydroxylation is 1. The number of carboxylic acid groups (broad SMARTS) is 1. The number of phenols is 1. The molecule has 32 heavy (non-hydrogen) atoms. The van der Waals surface area contributed by atoms with E-state index in [1.807, 2.05) is 0 Å². The lowest BCUT2D eigenvalue weighted by atomic mass is 10.1. The molecule has 0 radical (unpaired) electrons. The Morgan fingerprint density at radius 2 is 1.44 bits per heavy atom. The molecule has 0 aliphatic heterocycles. The van der Waals surface area contributed by atoms with Crippen molar-refractivity contribution in [3.8, 4) is 11.5 Å². The molecule has 0 saturated heterocycles. The average molecular weight is 453 g/mol. The number of unbranched alkanes of at least 4 members (excludes halogenated alkanes) is 9. The number of phenolic OH excluding ortho intramolecular Hbond substituents is 1. The fourth-order valence-corrected chi connectivity index (χ4v) is 3.63. The van der Waals surface area contributed by atoms with Gasteiger partial charge in [0, 0.05) is 13.2 Å². The first-order valence-electron chi connectivity index (χ1n) is 12.5. The number of hydrogen-bond acceptors (Lipinski definition) is 5. The first-order valence-corrected chi connectivity index (χ1v) is 12.5. The lowest BCUT2D eigenvalue weighted by molar-refractivity contribution is -0.148. The normalized spacial score (nSPS) is 11.2. The van der Waals surface area contributed by atoms with Crippen molar-refractivity contribution in [3.63, 3.8) is 0 Å². The molecule has 2 N–H and O–H groups in total. The lowest BCUT2D eigenvalue weighted by Crippen LogP contribution is -2.19. The molecule has 184 valence electrons. The largest absolute Gasteiger partial charge is 0.511 e. The second kappa shape index (κ2) is 18.8. The van der Waals surface area contributed by atoms with Gasteiger partial charge < -0.3 is 24.4 Å². The minimum atomic E-state index is -1.43. The van der Waals surface area contributed by atoms with Crippen LogP contribution in [0.25, 0.3) is 0 Å². The van der Waals surface area contributed by atoms with Gasteiger partial charge in [-0.05, 0) is 50.2 Å². The molecule has 0 aliphatic carbocycles. The second-order valence-corrected chi connectivity index (χ2v) is 8.38. The van der Waals surface area contributed by atoms with Crippen molar-refractivity contribution >= 4 is 6.16 Å². The maximum absolute atomic E-state index is 10.7. The third kappa shape index (κ3) is 13.6. The van der Waals surface area contributed by atoms with Crippen molar-refractivity contribution in [1.29, 1.82) is 0 Å². The molecule has 0 fully saturated rings. The van der Waals surface area contributed by atoms with E-state index in [4.69, 9.17) is 14.6 Å². The van der Waals surface area contributed by atoms with Gasteiger partial charge in [-0.15, -0.1) is 0 Å². The number of aromatic hydroxyl groups is 1. The monoisotopic (exact) mass is 452 g/mol. The molecular formula is C26H44O6. The smallest absolute Gasteiger partial charge is 0.504 e. The predicted octanol–water partition coefficient (Wildman–Crippen LogP) is 7.46. The third-order valence-electron chi connectivity index (χ3n) is 5.52. The summed E-state index contributed by atoms with van der Waals surface area (Å²) < 4.78 is 16.7. The topological polar surface area (TPSA) is 85.2 Å². The highest BCUT2D eigenvalue weighted by atomic mass is 16.7. The summed E-state index contributed by atoms with van der Waals surface area (Å²) in [5.74, 6) is -0.121. The van der Waals surface area contributed by atoms with Crippen LogP contribution in [-0.2, 0) is 15.9 Å². The highest BCUT2D eigenvalue weighted by Gasteiger charge is 2.13. The molecule has 0 atom stereocenters. The lowest BCUT2D eigenvalue weighted by Gasteiger charge is -2.19. The van der Waals surface area contributed by atoms with E-state index in [0.29, 0.717) is 12.0 Å². The van der Waals surface area contributed by atoms with Gasteiger partial charge in [-0.3, -0.25) is 0 Å².